The number of likely N-dealkylation sites (tertiary alicyclic amines) is 1. The summed E-state index contributed by atoms with van der Waals surface area (Å²) in [5.74, 6) is 0.827. The average molecular weight is 196 g/mol. The predicted octanol–water partition coefficient (Wildman–Crippen LogP) is 1.86. The van der Waals surface area contributed by atoms with Gasteiger partial charge in [-0.25, -0.2) is 0 Å². The lowest BCUT2D eigenvalue weighted by Gasteiger charge is -2.29. The number of hydrogen-bond donors (Lipinski definition) is 1. The smallest absolute Gasteiger partial charge is 0.00683 e. The van der Waals surface area contributed by atoms with Crippen LogP contribution >= 0.6 is 0 Å². The van der Waals surface area contributed by atoms with Gasteiger partial charge in [0.2, 0.25) is 0 Å². The molecule has 2 rings (SSSR count). The van der Waals surface area contributed by atoms with E-state index in [0.717, 1.165) is 12.0 Å². The molecule has 2 aliphatic rings. The molecule has 82 valence electrons. The Morgan fingerprint density at radius 2 is 1.93 bits per heavy atom. The van der Waals surface area contributed by atoms with Crippen LogP contribution in [0, 0.1) is 5.92 Å². The highest BCUT2D eigenvalue weighted by molar-refractivity contribution is 4.81. The normalized spacial score (nSPS) is 26.4. The van der Waals surface area contributed by atoms with E-state index < -0.39 is 0 Å². The molecule has 2 heteroatoms. The maximum absolute atomic E-state index is 3.62. The minimum atomic E-state index is 0.827. The third-order valence-electron chi connectivity index (χ3n) is 3.35. The maximum atomic E-state index is 3.62. The van der Waals surface area contributed by atoms with Crippen molar-refractivity contribution in [3.05, 3.63) is 0 Å². The van der Waals surface area contributed by atoms with Crippen LogP contribution in [0.4, 0.5) is 0 Å². The summed E-state index contributed by atoms with van der Waals surface area (Å²) in [5.41, 5.74) is 0. The van der Waals surface area contributed by atoms with Crippen LogP contribution in [-0.2, 0) is 0 Å². The van der Waals surface area contributed by atoms with Crippen LogP contribution in [0.1, 0.15) is 39.0 Å². The molecule has 0 bridgehead atoms. The Bertz CT molecular complexity index is 160. The fraction of sp³-hybridized carbons (Fsp3) is 1.00. The van der Waals surface area contributed by atoms with Crippen molar-refractivity contribution < 1.29 is 0 Å². The molecule has 0 amide bonds. The number of nitrogens with zero attached hydrogens (tertiary/aromatic N) is 1. The molecule has 1 aliphatic heterocycles. The van der Waals surface area contributed by atoms with Crippen molar-refractivity contribution in [2.75, 3.05) is 26.2 Å². The Morgan fingerprint density at radius 3 is 2.57 bits per heavy atom. The quantitative estimate of drug-likeness (QED) is 0.722. The van der Waals surface area contributed by atoms with Gasteiger partial charge in [-0.05, 0) is 51.2 Å². The van der Waals surface area contributed by atoms with E-state index in [2.05, 4.69) is 17.1 Å². The van der Waals surface area contributed by atoms with Gasteiger partial charge in [-0.3, -0.25) is 0 Å². The molecule has 0 aromatic heterocycles. The second-order valence-electron chi connectivity index (χ2n) is 5.15. The molecule has 1 unspecified atom stereocenters. The highest BCUT2D eigenvalue weighted by atomic mass is 15.1. The lowest BCUT2D eigenvalue weighted by molar-refractivity contribution is 0.199. The number of piperidine rings is 1. The van der Waals surface area contributed by atoms with Crippen molar-refractivity contribution in [3.63, 3.8) is 0 Å². The SMILES string of the molecule is CC(CNC1CC1)CN1CCCCC1. The van der Waals surface area contributed by atoms with Crippen molar-refractivity contribution >= 4 is 0 Å². The lowest BCUT2D eigenvalue weighted by Crippen LogP contribution is -2.37. The molecular formula is C12H24N2. The average Bonchev–Trinajstić information content (AvgIpc) is 3.00. The summed E-state index contributed by atoms with van der Waals surface area (Å²) in [6.45, 7) is 7.59. The topological polar surface area (TPSA) is 15.3 Å². The fourth-order valence-corrected chi connectivity index (χ4v) is 2.30. The van der Waals surface area contributed by atoms with Gasteiger partial charge in [0.1, 0.15) is 0 Å². The van der Waals surface area contributed by atoms with Gasteiger partial charge in [0, 0.05) is 12.6 Å². The van der Waals surface area contributed by atoms with E-state index >= 15 is 0 Å². The van der Waals surface area contributed by atoms with E-state index in [9.17, 15) is 0 Å². The highest BCUT2D eigenvalue weighted by Crippen LogP contribution is 2.19. The summed E-state index contributed by atoms with van der Waals surface area (Å²) in [4.78, 5) is 2.64. The first-order valence-corrected chi connectivity index (χ1v) is 6.30. The summed E-state index contributed by atoms with van der Waals surface area (Å²) in [6, 6.07) is 0.874. The molecule has 1 saturated carbocycles. The van der Waals surface area contributed by atoms with Gasteiger partial charge < -0.3 is 10.2 Å². The maximum Gasteiger partial charge on any atom is 0.00683 e. The van der Waals surface area contributed by atoms with Crippen LogP contribution in [0.5, 0.6) is 0 Å². The third-order valence-corrected chi connectivity index (χ3v) is 3.35. The minimum Gasteiger partial charge on any atom is -0.314 e. The molecule has 1 heterocycles. The minimum absolute atomic E-state index is 0.827. The molecule has 0 radical (unpaired) electrons. The highest BCUT2D eigenvalue weighted by Gasteiger charge is 2.21. The number of nitrogens with one attached hydrogen (secondary N) is 1. The van der Waals surface area contributed by atoms with Crippen molar-refractivity contribution in [1.29, 1.82) is 0 Å². The molecule has 1 aliphatic carbocycles. The molecule has 0 aromatic carbocycles. The molecule has 0 spiro atoms. The second-order valence-corrected chi connectivity index (χ2v) is 5.15. The lowest BCUT2D eigenvalue weighted by atomic mass is 10.1. The first-order valence-electron chi connectivity index (χ1n) is 6.30. The van der Waals surface area contributed by atoms with Gasteiger partial charge in [0.25, 0.3) is 0 Å². The zero-order valence-corrected chi connectivity index (χ0v) is 9.47. The summed E-state index contributed by atoms with van der Waals surface area (Å²) >= 11 is 0. The second kappa shape index (κ2) is 5.13. The van der Waals surface area contributed by atoms with Crippen LogP contribution in [0.3, 0.4) is 0 Å². The molecule has 2 fully saturated rings. The van der Waals surface area contributed by atoms with Crippen LogP contribution in [0.25, 0.3) is 0 Å². The van der Waals surface area contributed by atoms with E-state index in [1.165, 1.54) is 58.3 Å². The van der Waals surface area contributed by atoms with Crippen LogP contribution in [0.15, 0.2) is 0 Å². The van der Waals surface area contributed by atoms with Crippen molar-refractivity contribution in [3.8, 4) is 0 Å². The summed E-state index contributed by atoms with van der Waals surface area (Å²) in [5, 5.41) is 3.62. The zero-order chi connectivity index (χ0) is 9.80. The monoisotopic (exact) mass is 196 g/mol. The van der Waals surface area contributed by atoms with Gasteiger partial charge in [-0.15, -0.1) is 0 Å². The van der Waals surface area contributed by atoms with Crippen molar-refractivity contribution in [2.24, 2.45) is 5.92 Å². The van der Waals surface area contributed by atoms with E-state index in [4.69, 9.17) is 0 Å². The Labute approximate surface area is 88.1 Å². The molecule has 1 atom stereocenters. The Balaban J connectivity index is 1.57. The fourth-order valence-electron chi connectivity index (χ4n) is 2.30. The molecular weight excluding hydrogens is 172 g/mol. The first kappa shape index (κ1) is 10.4. The molecule has 1 N–H and O–H groups in total. The Hall–Kier alpha value is -0.0800. The van der Waals surface area contributed by atoms with E-state index in [1.807, 2.05) is 0 Å². The molecule has 14 heavy (non-hydrogen) atoms. The van der Waals surface area contributed by atoms with E-state index in [0.29, 0.717) is 0 Å². The Kier molecular flexibility index (Phi) is 3.82. The summed E-state index contributed by atoms with van der Waals surface area (Å²) < 4.78 is 0. The molecule has 2 nitrogen and oxygen atoms in total. The summed E-state index contributed by atoms with van der Waals surface area (Å²) in [7, 11) is 0. The first-order chi connectivity index (χ1) is 6.84. The van der Waals surface area contributed by atoms with Gasteiger partial charge in [-0.1, -0.05) is 13.3 Å². The number of rotatable bonds is 5. The molecule has 1 saturated heterocycles. The van der Waals surface area contributed by atoms with Crippen molar-refractivity contribution in [1.82, 2.24) is 10.2 Å². The van der Waals surface area contributed by atoms with Gasteiger partial charge in [0.05, 0.1) is 0 Å². The Morgan fingerprint density at radius 1 is 1.21 bits per heavy atom. The third kappa shape index (κ3) is 3.58. The van der Waals surface area contributed by atoms with Crippen LogP contribution < -0.4 is 5.32 Å². The number of hydrogen-bond acceptors (Lipinski definition) is 2. The standard InChI is InChI=1S/C12H24N2/c1-11(9-13-12-5-6-12)10-14-7-3-2-4-8-14/h11-13H,2-10H2,1H3. The van der Waals surface area contributed by atoms with E-state index in [-0.39, 0.29) is 0 Å². The van der Waals surface area contributed by atoms with Crippen molar-refractivity contribution in [2.45, 2.75) is 45.1 Å². The zero-order valence-electron chi connectivity index (χ0n) is 9.47. The predicted molar refractivity (Wildman–Crippen MR) is 60.5 cm³/mol. The largest absolute Gasteiger partial charge is 0.314 e. The molecule has 0 aromatic rings. The van der Waals surface area contributed by atoms with Crippen LogP contribution in [0.2, 0.25) is 0 Å². The van der Waals surface area contributed by atoms with Gasteiger partial charge in [-0.2, -0.15) is 0 Å². The van der Waals surface area contributed by atoms with Gasteiger partial charge in [0.15, 0.2) is 0 Å². The van der Waals surface area contributed by atoms with E-state index in [1.54, 1.807) is 0 Å². The van der Waals surface area contributed by atoms with Gasteiger partial charge >= 0.3 is 0 Å². The summed E-state index contributed by atoms with van der Waals surface area (Å²) in [6.07, 6.45) is 7.11. The van der Waals surface area contributed by atoms with Crippen LogP contribution in [-0.4, -0.2) is 37.1 Å².